The van der Waals surface area contributed by atoms with Crippen LogP contribution in [0.3, 0.4) is 0 Å². The van der Waals surface area contributed by atoms with Crippen LogP contribution in [-0.2, 0) is 11.3 Å². The highest BCUT2D eigenvalue weighted by molar-refractivity contribution is 7.17. The van der Waals surface area contributed by atoms with Gasteiger partial charge in [0.1, 0.15) is 17.3 Å². The van der Waals surface area contributed by atoms with E-state index in [0.717, 1.165) is 16.3 Å². The molecule has 7 heteroatoms. The normalized spacial score (nSPS) is 15.0. The van der Waals surface area contributed by atoms with Gasteiger partial charge in [0.15, 0.2) is 0 Å². The summed E-state index contributed by atoms with van der Waals surface area (Å²) >= 11 is 1.53. The van der Waals surface area contributed by atoms with Crippen molar-refractivity contribution in [1.29, 1.82) is 0 Å². The minimum atomic E-state index is -0.612. The molecule has 0 bridgehead atoms. The Labute approximate surface area is 147 Å². The number of rotatable bonds is 3. The molecule has 0 unspecified atom stereocenters. The molecule has 3 aromatic rings. The molecule has 1 saturated heterocycles. The third kappa shape index (κ3) is 3.05. The smallest absolute Gasteiger partial charge is 0.270 e. The summed E-state index contributed by atoms with van der Waals surface area (Å²) in [4.78, 5) is 14.7. The summed E-state index contributed by atoms with van der Waals surface area (Å²) in [7, 11) is 0. The number of amides is 1. The average molecular weight is 362 g/mol. The molecule has 0 aliphatic carbocycles. The van der Waals surface area contributed by atoms with E-state index in [4.69, 9.17) is 4.74 Å². The van der Waals surface area contributed by atoms with Gasteiger partial charge in [-0.1, -0.05) is 6.07 Å². The molecule has 2 aromatic heterocycles. The van der Waals surface area contributed by atoms with Crippen LogP contribution in [0.5, 0.6) is 0 Å². The quantitative estimate of drug-likeness (QED) is 0.715. The number of nitrogens with zero attached hydrogens (tertiary/aromatic N) is 2. The van der Waals surface area contributed by atoms with E-state index in [1.54, 1.807) is 9.47 Å². The molecular formula is C18H16F2N2O2S. The molecule has 130 valence electrons. The minimum Gasteiger partial charge on any atom is -0.378 e. The Morgan fingerprint density at radius 3 is 2.72 bits per heavy atom. The predicted molar refractivity (Wildman–Crippen MR) is 92.0 cm³/mol. The Hall–Kier alpha value is -2.25. The van der Waals surface area contributed by atoms with Crippen LogP contribution in [0.2, 0.25) is 0 Å². The molecule has 1 fully saturated rings. The van der Waals surface area contributed by atoms with Crippen molar-refractivity contribution < 1.29 is 18.3 Å². The maximum atomic E-state index is 14.1. The molecule has 4 rings (SSSR count). The number of morpholine rings is 1. The van der Waals surface area contributed by atoms with E-state index in [2.05, 4.69) is 0 Å². The second-order valence-electron chi connectivity index (χ2n) is 5.93. The fraction of sp³-hybridized carbons (Fsp3) is 0.278. The van der Waals surface area contributed by atoms with Gasteiger partial charge in [-0.3, -0.25) is 4.79 Å². The van der Waals surface area contributed by atoms with Crippen molar-refractivity contribution in [2.45, 2.75) is 6.54 Å². The van der Waals surface area contributed by atoms with Crippen LogP contribution in [-0.4, -0.2) is 41.7 Å². The first kappa shape index (κ1) is 16.2. The molecule has 4 nitrogen and oxygen atoms in total. The monoisotopic (exact) mass is 362 g/mol. The predicted octanol–water partition coefficient (Wildman–Crippen LogP) is 3.50. The molecule has 1 aromatic carbocycles. The number of benzene rings is 1. The van der Waals surface area contributed by atoms with Crippen molar-refractivity contribution in [2.75, 3.05) is 26.3 Å². The van der Waals surface area contributed by atoms with Gasteiger partial charge in [0.05, 0.1) is 30.0 Å². The Bertz CT molecular complexity index is 928. The van der Waals surface area contributed by atoms with Gasteiger partial charge in [-0.2, -0.15) is 0 Å². The van der Waals surface area contributed by atoms with Crippen molar-refractivity contribution in [1.82, 2.24) is 9.47 Å². The maximum absolute atomic E-state index is 14.1. The van der Waals surface area contributed by atoms with Gasteiger partial charge >= 0.3 is 0 Å². The Balaban J connectivity index is 1.73. The molecule has 3 heterocycles. The summed E-state index contributed by atoms with van der Waals surface area (Å²) in [6.07, 6.45) is 0. The van der Waals surface area contributed by atoms with Crippen LogP contribution in [0.25, 0.3) is 10.2 Å². The number of fused-ring (bicyclic) bond motifs is 1. The van der Waals surface area contributed by atoms with Crippen LogP contribution in [0.4, 0.5) is 8.78 Å². The third-order valence-corrected chi connectivity index (χ3v) is 5.24. The second-order valence-corrected chi connectivity index (χ2v) is 6.87. The summed E-state index contributed by atoms with van der Waals surface area (Å²) in [6.45, 7) is 2.31. The van der Waals surface area contributed by atoms with Crippen LogP contribution in [0.15, 0.2) is 35.7 Å². The first-order valence-corrected chi connectivity index (χ1v) is 8.89. The zero-order valence-electron chi connectivity index (χ0n) is 13.4. The number of halogens is 2. The molecule has 0 saturated carbocycles. The number of aromatic nitrogens is 1. The van der Waals surface area contributed by atoms with Gasteiger partial charge in [-0.15, -0.1) is 11.3 Å². The highest BCUT2D eigenvalue weighted by atomic mass is 32.1. The number of ether oxygens (including phenoxy) is 1. The standard InChI is InChI=1S/C18H16F2N2O2S/c19-13-2-1-12(14(20)9-13)11-22-15-3-8-25-17(15)10-16(22)18(23)21-4-6-24-7-5-21/h1-3,8-10H,4-7,11H2. The summed E-state index contributed by atoms with van der Waals surface area (Å²) in [5, 5.41) is 1.94. The molecule has 1 aliphatic rings. The van der Waals surface area contributed by atoms with Crippen LogP contribution in [0, 0.1) is 11.6 Å². The zero-order valence-corrected chi connectivity index (χ0v) is 14.2. The van der Waals surface area contributed by atoms with Crippen LogP contribution < -0.4 is 0 Å². The van der Waals surface area contributed by atoms with Gasteiger partial charge in [0, 0.05) is 24.7 Å². The fourth-order valence-corrected chi connectivity index (χ4v) is 3.90. The van der Waals surface area contributed by atoms with E-state index in [-0.39, 0.29) is 12.5 Å². The lowest BCUT2D eigenvalue weighted by atomic mass is 10.2. The highest BCUT2D eigenvalue weighted by Gasteiger charge is 2.24. The lowest BCUT2D eigenvalue weighted by molar-refractivity contribution is 0.0296. The first-order chi connectivity index (χ1) is 12.1. The van der Waals surface area contributed by atoms with Gasteiger partial charge in [-0.25, -0.2) is 8.78 Å². The van der Waals surface area contributed by atoms with Crippen molar-refractivity contribution in [2.24, 2.45) is 0 Å². The second kappa shape index (κ2) is 6.57. The molecular weight excluding hydrogens is 346 g/mol. The van der Waals surface area contributed by atoms with Crippen molar-refractivity contribution in [3.63, 3.8) is 0 Å². The average Bonchev–Trinajstić information content (AvgIpc) is 3.20. The molecule has 0 atom stereocenters. The summed E-state index contributed by atoms with van der Waals surface area (Å²) in [6, 6.07) is 7.28. The van der Waals surface area contributed by atoms with E-state index in [1.165, 1.54) is 23.5 Å². The lowest BCUT2D eigenvalue weighted by Crippen LogP contribution is -2.41. The Kier molecular flexibility index (Phi) is 4.27. The molecule has 25 heavy (non-hydrogen) atoms. The molecule has 1 aliphatic heterocycles. The third-order valence-electron chi connectivity index (χ3n) is 4.38. The highest BCUT2D eigenvalue weighted by Crippen LogP contribution is 2.28. The lowest BCUT2D eigenvalue weighted by Gasteiger charge is -2.27. The topological polar surface area (TPSA) is 34.5 Å². The van der Waals surface area contributed by atoms with Crippen LogP contribution in [0.1, 0.15) is 16.1 Å². The number of carbonyl (C=O) groups is 1. The maximum Gasteiger partial charge on any atom is 0.270 e. The SMILES string of the molecule is O=C(c1cc2sccc2n1Cc1ccc(F)cc1F)N1CCOCC1. The molecule has 1 amide bonds. The first-order valence-electron chi connectivity index (χ1n) is 8.01. The molecule has 0 radical (unpaired) electrons. The van der Waals surface area contributed by atoms with E-state index in [9.17, 15) is 13.6 Å². The van der Waals surface area contributed by atoms with Gasteiger partial charge in [-0.05, 0) is 23.6 Å². The number of hydrogen-bond acceptors (Lipinski definition) is 3. The van der Waals surface area contributed by atoms with E-state index in [0.29, 0.717) is 37.6 Å². The van der Waals surface area contributed by atoms with Gasteiger partial charge in [0.25, 0.3) is 5.91 Å². The summed E-state index contributed by atoms with van der Waals surface area (Å²) in [5.74, 6) is -1.31. The van der Waals surface area contributed by atoms with E-state index >= 15 is 0 Å². The number of carbonyl (C=O) groups excluding carboxylic acids is 1. The van der Waals surface area contributed by atoms with Crippen molar-refractivity contribution in [3.05, 3.63) is 58.6 Å². The Morgan fingerprint density at radius 1 is 1.16 bits per heavy atom. The fourth-order valence-electron chi connectivity index (χ4n) is 3.07. The van der Waals surface area contributed by atoms with E-state index < -0.39 is 11.6 Å². The number of thiophene rings is 1. The number of hydrogen-bond donors (Lipinski definition) is 0. The minimum absolute atomic E-state index is 0.0887. The zero-order chi connectivity index (χ0) is 17.4. The summed E-state index contributed by atoms with van der Waals surface area (Å²) in [5.41, 5.74) is 1.75. The molecule has 0 N–H and O–H groups in total. The Morgan fingerprint density at radius 2 is 1.96 bits per heavy atom. The summed E-state index contributed by atoms with van der Waals surface area (Å²) < 4.78 is 35.3. The van der Waals surface area contributed by atoms with Crippen LogP contribution >= 0.6 is 11.3 Å². The van der Waals surface area contributed by atoms with Crippen molar-refractivity contribution in [3.8, 4) is 0 Å². The van der Waals surface area contributed by atoms with Gasteiger partial charge in [0.2, 0.25) is 0 Å². The largest absolute Gasteiger partial charge is 0.378 e. The molecule has 0 spiro atoms. The van der Waals surface area contributed by atoms with Gasteiger partial charge < -0.3 is 14.2 Å². The van der Waals surface area contributed by atoms with E-state index in [1.807, 2.05) is 17.5 Å². The van der Waals surface area contributed by atoms with Crippen molar-refractivity contribution >= 4 is 27.5 Å².